The second-order valence-corrected chi connectivity index (χ2v) is 17.5. The van der Waals surface area contributed by atoms with E-state index in [2.05, 4.69) is 239 Å². The van der Waals surface area contributed by atoms with Crippen LogP contribution in [0.5, 0.6) is 0 Å². The van der Waals surface area contributed by atoms with Crippen molar-refractivity contribution in [2.45, 2.75) is 44.2 Å². The van der Waals surface area contributed by atoms with Gasteiger partial charge in [-0.15, -0.1) is 0 Å². The number of hydrogen-bond donors (Lipinski definition) is 0. The highest BCUT2D eigenvalue weighted by Crippen LogP contribution is 2.59. The van der Waals surface area contributed by atoms with Crippen molar-refractivity contribution in [3.63, 3.8) is 0 Å². The molecule has 0 aromatic heterocycles. The maximum Gasteiger partial charge on any atom is 0.136 e. The standard InChI is InChI=1S/C58H46N2/c1-56(2)57(3,4)60(47-24-12-7-13-25-47)55(59-56)41-31-29-40(30-32-41)51-38-53-54(49-27-17-16-26-48(49)51)50-35-34-44(43-33-28-39-18-14-15-19-42(39)36-43)37-52(50)58(53,45-20-8-5-9-21-45)46-22-10-6-11-23-46/h5-38H,1-4H3. The minimum Gasteiger partial charge on any atom is -0.318 e. The molecule has 9 aromatic carbocycles. The molecule has 2 nitrogen and oxygen atoms in total. The van der Waals surface area contributed by atoms with Gasteiger partial charge in [0, 0.05) is 11.3 Å². The molecule has 0 saturated heterocycles. The molecule has 1 aliphatic carbocycles. The molecular weight excluding hydrogens is 725 g/mol. The zero-order valence-electron chi connectivity index (χ0n) is 34.5. The smallest absolute Gasteiger partial charge is 0.136 e. The fourth-order valence-corrected chi connectivity index (χ4v) is 10.1. The molecule has 0 unspecified atom stereocenters. The number of para-hydroxylation sites is 1. The Bertz CT molecular complexity index is 3080. The summed E-state index contributed by atoms with van der Waals surface area (Å²) in [6, 6.07) is 76.4. The highest BCUT2D eigenvalue weighted by atomic mass is 15.3. The van der Waals surface area contributed by atoms with Crippen LogP contribution in [0.3, 0.4) is 0 Å². The molecule has 0 fully saturated rings. The number of aliphatic imine (C=N–C) groups is 1. The highest BCUT2D eigenvalue weighted by molar-refractivity contribution is 6.14. The highest BCUT2D eigenvalue weighted by Gasteiger charge is 2.50. The Morgan fingerprint density at radius 1 is 0.400 bits per heavy atom. The van der Waals surface area contributed by atoms with Gasteiger partial charge in [-0.1, -0.05) is 176 Å². The molecule has 0 bridgehead atoms. The first kappa shape index (κ1) is 36.1. The quantitative estimate of drug-likeness (QED) is 0.164. The maximum absolute atomic E-state index is 5.40. The first-order valence-electron chi connectivity index (χ1n) is 21.1. The van der Waals surface area contributed by atoms with Crippen LogP contribution in [0.2, 0.25) is 0 Å². The summed E-state index contributed by atoms with van der Waals surface area (Å²) in [7, 11) is 0. The third kappa shape index (κ3) is 5.30. The van der Waals surface area contributed by atoms with Crippen LogP contribution in [0.15, 0.2) is 211 Å². The van der Waals surface area contributed by atoms with Gasteiger partial charge >= 0.3 is 0 Å². The van der Waals surface area contributed by atoms with Gasteiger partial charge < -0.3 is 4.90 Å². The molecule has 1 aliphatic heterocycles. The first-order chi connectivity index (χ1) is 29.3. The van der Waals surface area contributed by atoms with Gasteiger partial charge in [0.25, 0.3) is 0 Å². The molecule has 2 heteroatoms. The van der Waals surface area contributed by atoms with E-state index >= 15 is 0 Å². The largest absolute Gasteiger partial charge is 0.318 e. The van der Waals surface area contributed by atoms with E-state index in [-0.39, 0.29) is 11.1 Å². The number of rotatable bonds is 6. The number of fused-ring (bicyclic) bond motifs is 6. The van der Waals surface area contributed by atoms with E-state index in [1.165, 1.54) is 77.2 Å². The summed E-state index contributed by atoms with van der Waals surface area (Å²) < 4.78 is 0. The zero-order valence-corrected chi connectivity index (χ0v) is 34.5. The predicted octanol–water partition coefficient (Wildman–Crippen LogP) is 14.5. The van der Waals surface area contributed by atoms with Crippen LogP contribution in [-0.2, 0) is 5.41 Å². The van der Waals surface area contributed by atoms with Crippen molar-refractivity contribution < 1.29 is 0 Å². The maximum atomic E-state index is 5.40. The number of nitrogens with zero attached hydrogens (tertiary/aromatic N) is 2. The van der Waals surface area contributed by atoms with Crippen LogP contribution in [-0.4, -0.2) is 16.9 Å². The topological polar surface area (TPSA) is 15.6 Å². The van der Waals surface area contributed by atoms with Crippen molar-refractivity contribution in [3.8, 4) is 33.4 Å². The average molecular weight is 771 g/mol. The lowest BCUT2D eigenvalue weighted by atomic mass is 9.67. The molecular formula is C58H46N2. The van der Waals surface area contributed by atoms with Crippen LogP contribution in [0.4, 0.5) is 5.69 Å². The zero-order chi connectivity index (χ0) is 40.6. The normalized spacial score (nSPS) is 15.8. The summed E-state index contributed by atoms with van der Waals surface area (Å²) in [5.74, 6) is 1.01. The Balaban J connectivity index is 1.14. The summed E-state index contributed by atoms with van der Waals surface area (Å²) in [5, 5.41) is 5.01. The number of hydrogen-bond acceptors (Lipinski definition) is 2. The molecule has 0 spiro atoms. The van der Waals surface area contributed by atoms with Gasteiger partial charge in [0.05, 0.1) is 16.5 Å². The molecule has 9 aromatic rings. The number of anilines is 1. The van der Waals surface area contributed by atoms with E-state index in [4.69, 9.17) is 4.99 Å². The second kappa shape index (κ2) is 13.5. The van der Waals surface area contributed by atoms with E-state index in [1.54, 1.807) is 0 Å². The van der Waals surface area contributed by atoms with E-state index in [0.29, 0.717) is 0 Å². The Labute approximate surface area is 353 Å². The molecule has 0 saturated carbocycles. The summed E-state index contributed by atoms with van der Waals surface area (Å²) >= 11 is 0. The van der Waals surface area contributed by atoms with Crippen molar-refractivity contribution in [2.24, 2.45) is 4.99 Å². The van der Waals surface area contributed by atoms with E-state index < -0.39 is 5.41 Å². The minimum absolute atomic E-state index is 0.222. The van der Waals surface area contributed by atoms with Crippen LogP contribution in [0, 0.1) is 0 Å². The lowest BCUT2D eigenvalue weighted by molar-refractivity contribution is 0.338. The summed E-state index contributed by atoms with van der Waals surface area (Å²) in [5.41, 5.74) is 13.8. The predicted molar refractivity (Wildman–Crippen MR) is 253 cm³/mol. The van der Waals surface area contributed by atoms with Gasteiger partial charge in [0.1, 0.15) is 5.84 Å². The summed E-state index contributed by atoms with van der Waals surface area (Å²) in [4.78, 5) is 7.82. The average Bonchev–Trinajstić information content (AvgIpc) is 3.70. The fourth-order valence-electron chi connectivity index (χ4n) is 10.1. The van der Waals surface area contributed by atoms with Gasteiger partial charge in [-0.2, -0.15) is 0 Å². The van der Waals surface area contributed by atoms with Crippen molar-refractivity contribution in [2.75, 3.05) is 4.90 Å². The minimum atomic E-state index is -0.565. The SMILES string of the molecule is CC1(C)N=C(c2ccc(-c3cc4c(c5ccccc35)-c3ccc(-c5ccc6ccccc6c5)cc3C4(c3ccccc3)c3ccccc3)cc2)N(c2ccccc2)C1(C)C. The molecule has 0 radical (unpaired) electrons. The van der Waals surface area contributed by atoms with E-state index in [9.17, 15) is 0 Å². The summed E-state index contributed by atoms with van der Waals surface area (Å²) in [6.07, 6.45) is 0. The van der Waals surface area contributed by atoms with Gasteiger partial charge in [0.15, 0.2) is 0 Å². The molecule has 11 rings (SSSR count). The summed E-state index contributed by atoms with van der Waals surface area (Å²) in [6.45, 7) is 9.09. The van der Waals surface area contributed by atoms with E-state index in [1.807, 2.05) is 0 Å². The second-order valence-electron chi connectivity index (χ2n) is 17.5. The molecule has 2 aliphatic rings. The third-order valence-electron chi connectivity index (χ3n) is 13.8. The third-order valence-corrected chi connectivity index (χ3v) is 13.8. The van der Waals surface area contributed by atoms with Crippen LogP contribution in [0.25, 0.3) is 54.9 Å². The lowest BCUT2D eigenvalue weighted by Gasteiger charge is -2.41. The Kier molecular flexibility index (Phi) is 8.12. The van der Waals surface area contributed by atoms with Crippen LogP contribution >= 0.6 is 0 Å². The molecule has 0 amide bonds. The number of benzene rings is 9. The number of amidine groups is 1. The van der Waals surface area contributed by atoms with Crippen molar-refractivity contribution >= 4 is 33.1 Å². The van der Waals surface area contributed by atoms with Gasteiger partial charge in [-0.05, 0) is 135 Å². The van der Waals surface area contributed by atoms with Crippen LogP contribution in [0.1, 0.15) is 55.5 Å². The van der Waals surface area contributed by atoms with E-state index in [0.717, 1.165) is 17.1 Å². The Morgan fingerprint density at radius 3 is 1.62 bits per heavy atom. The first-order valence-corrected chi connectivity index (χ1v) is 21.1. The van der Waals surface area contributed by atoms with Crippen LogP contribution < -0.4 is 4.90 Å². The van der Waals surface area contributed by atoms with Crippen molar-refractivity contribution in [1.29, 1.82) is 0 Å². The van der Waals surface area contributed by atoms with Crippen molar-refractivity contribution in [1.82, 2.24) is 0 Å². The monoisotopic (exact) mass is 770 g/mol. The molecule has 0 atom stereocenters. The van der Waals surface area contributed by atoms with Crippen molar-refractivity contribution in [3.05, 3.63) is 234 Å². The Morgan fingerprint density at radius 2 is 0.933 bits per heavy atom. The molecule has 288 valence electrons. The molecule has 1 heterocycles. The van der Waals surface area contributed by atoms with Gasteiger partial charge in [-0.25, -0.2) is 0 Å². The molecule has 60 heavy (non-hydrogen) atoms. The molecule has 0 N–H and O–H groups in total. The Hall–Kier alpha value is -7.03. The fraction of sp³-hybridized carbons (Fsp3) is 0.121. The van der Waals surface area contributed by atoms with Gasteiger partial charge in [-0.3, -0.25) is 4.99 Å². The lowest BCUT2D eigenvalue weighted by Crippen LogP contribution is -2.53. The van der Waals surface area contributed by atoms with Gasteiger partial charge in [0.2, 0.25) is 0 Å².